The molecule has 0 radical (unpaired) electrons. The Morgan fingerprint density at radius 1 is 1.03 bits per heavy atom. The van der Waals surface area contributed by atoms with Gasteiger partial charge in [-0.25, -0.2) is 4.39 Å². The van der Waals surface area contributed by atoms with Gasteiger partial charge in [-0.05, 0) is 48.9 Å². The van der Waals surface area contributed by atoms with Gasteiger partial charge in [0, 0.05) is 17.1 Å². The second-order valence-corrected chi connectivity index (χ2v) is 7.59. The van der Waals surface area contributed by atoms with E-state index in [0.29, 0.717) is 23.1 Å². The Morgan fingerprint density at radius 2 is 1.72 bits per heavy atom. The Bertz CT molecular complexity index is 1210. The molecule has 0 saturated carbocycles. The summed E-state index contributed by atoms with van der Waals surface area (Å²) in [6.45, 7) is 2.10. The van der Waals surface area contributed by atoms with Crippen LogP contribution in [0.4, 0.5) is 10.3 Å². The molecule has 0 bridgehead atoms. The summed E-state index contributed by atoms with van der Waals surface area (Å²) in [5.41, 5.74) is 2.73. The largest absolute Gasteiger partial charge is 0.484 e. The first-order valence-electron chi connectivity index (χ1n) is 9.92. The number of carbonyl (C=O) groups is 1. The van der Waals surface area contributed by atoms with Gasteiger partial charge in [0.15, 0.2) is 12.4 Å². The average Bonchev–Trinajstić information content (AvgIpc) is 3.23. The van der Waals surface area contributed by atoms with Crippen LogP contribution in [0.1, 0.15) is 15.9 Å². The van der Waals surface area contributed by atoms with Gasteiger partial charge in [-0.15, -0.1) is 5.10 Å². The van der Waals surface area contributed by atoms with E-state index in [0.717, 1.165) is 16.7 Å². The molecule has 0 atom stereocenters. The van der Waals surface area contributed by atoms with Gasteiger partial charge in [0.2, 0.25) is 5.95 Å². The predicted molar refractivity (Wildman–Crippen MR) is 121 cm³/mol. The minimum atomic E-state index is -0.396. The number of carbonyl (C=O) groups excluding carboxylic acids is 1. The van der Waals surface area contributed by atoms with Crippen molar-refractivity contribution in [3.63, 3.8) is 0 Å². The molecular formula is C24H20ClFN4O2. The first-order chi connectivity index (χ1) is 15.5. The van der Waals surface area contributed by atoms with E-state index < -0.39 is 5.91 Å². The summed E-state index contributed by atoms with van der Waals surface area (Å²) in [7, 11) is 0. The van der Waals surface area contributed by atoms with Gasteiger partial charge in [-0.2, -0.15) is 9.67 Å². The maximum atomic E-state index is 13.2. The molecule has 0 fully saturated rings. The minimum Gasteiger partial charge on any atom is -0.484 e. The van der Waals surface area contributed by atoms with Crippen LogP contribution in [0.25, 0.3) is 11.4 Å². The lowest BCUT2D eigenvalue weighted by atomic mass is 10.1. The van der Waals surface area contributed by atoms with Gasteiger partial charge in [0.25, 0.3) is 5.91 Å². The van der Waals surface area contributed by atoms with Crippen molar-refractivity contribution >= 4 is 23.5 Å². The summed E-state index contributed by atoms with van der Waals surface area (Å²) in [6, 6.07) is 20.5. The van der Waals surface area contributed by atoms with Crippen LogP contribution in [0, 0.1) is 12.7 Å². The molecule has 3 aromatic carbocycles. The molecule has 1 N–H and O–H groups in total. The Kier molecular flexibility index (Phi) is 6.47. The number of anilines is 1. The molecule has 4 aromatic rings. The van der Waals surface area contributed by atoms with E-state index in [2.05, 4.69) is 15.4 Å². The van der Waals surface area contributed by atoms with E-state index in [4.69, 9.17) is 16.3 Å². The number of hydrogen-bond donors (Lipinski definition) is 1. The van der Waals surface area contributed by atoms with Crippen LogP contribution < -0.4 is 10.1 Å². The topological polar surface area (TPSA) is 69.0 Å². The van der Waals surface area contributed by atoms with Crippen LogP contribution in [0.5, 0.6) is 5.75 Å². The zero-order chi connectivity index (χ0) is 22.5. The van der Waals surface area contributed by atoms with Crippen molar-refractivity contribution in [1.82, 2.24) is 14.8 Å². The van der Waals surface area contributed by atoms with Crippen molar-refractivity contribution < 1.29 is 13.9 Å². The fraction of sp³-hybridized carbons (Fsp3) is 0.125. The summed E-state index contributed by atoms with van der Waals surface area (Å²) in [4.78, 5) is 17.4. The highest BCUT2D eigenvalue weighted by Crippen LogP contribution is 2.20. The van der Waals surface area contributed by atoms with Crippen molar-refractivity contribution in [2.24, 2.45) is 0 Å². The molecule has 162 valence electrons. The lowest BCUT2D eigenvalue weighted by molar-refractivity contribution is 0.0824. The van der Waals surface area contributed by atoms with Gasteiger partial charge in [0.1, 0.15) is 11.6 Å². The van der Waals surface area contributed by atoms with Crippen LogP contribution >= 0.6 is 11.6 Å². The molecule has 0 saturated heterocycles. The maximum absolute atomic E-state index is 13.2. The Labute approximate surface area is 189 Å². The molecule has 6 nitrogen and oxygen atoms in total. The summed E-state index contributed by atoms with van der Waals surface area (Å²) < 4.78 is 19.9. The van der Waals surface area contributed by atoms with Crippen molar-refractivity contribution in [2.75, 3.05) is 11.9 Å². The zero-order valence-electron chi connectivity index (χ0n) is 17.3. The van der Waals surface area contributed by atoms with Crippen LogP contribution in [0.3, 0.4) is 0 Å². The third-order valence-electron chi connectivity index (χ3n) is 4.69. The maximum Gasteiger partial charge on any atom is 0.287 e. The highest BCUT2D eigenvalue weighted by atomic mass is 35.5. The number of nitrogens with one attached hydrogen (secondary N) is 1. The van der Waals surface area contributed by atoms with Gasteiger partial charge in [-0.1, -0.05) is 53.6 Å². The number of halogens is 2. The molecular weight excluding hydrogens is 431 g/mol. The number of aryl methyl sites for hydroxylation is 1. The summed E-state index contributed by atoms with van der Waals surface area (Å²) in [5.74, 6) is 0.490. The lowest BCUT2D eigenvalue weighted by Gasteiger charge is -2.09. The monoisotopic (exact) mass is 450 g/mol. The Morgan fingerprint density at radius 3 is 2.41 bits per heavy atom. The SMILES string of the molecule is Cc1ccc(-c2nc(NCc3ccc(F)cc3)n(C(=O)COc3ccc(Cl)cc3)n2)cc1. The quantitative estimate of drug-likeness (QED) is 0.409. The number of aromatic nitrogens is 3. The fourth-order valence-electron chi connectivity index (χ4n) is 2.95. The molecule has 0 aliphatic heterocycles. The first kappa shape index (κ1) is 21.5. The standard InChI is InChI=1S/C24H20ClFN4O2/c1-16-2-6-18(7-3-16)23-28-24(27-14-17-4-10-20(26)11-5-17)30(29-23)22(31)15-32-21-12-8-19(25)9-13-21/h2-13H,14-15H2,1H3,(H,27,28,29). The van der Waals surface area contributed by atoms with E-state index in [1.807, 2.05) is 31.2 Å². The van der Waals surface area contributed by atoms with Crippen LogP contribution in [0.15, 0.2) is 72.8 Å². The fourth-order valence-corrected chi connectivity index (χ4v) is 3.07. The van der Waals surface area contributed by atoms with E-state index >= 15 is 0 Å². The zero-order valence-corrected chi connectivity index (χ0v) is 18.0. The Balaban J connectivity index is 1.55. The summed E-state index contributed by atoms with van der Waals surface area (Å²) in [6.07, 6.45) is 0. The van der Waals surface area contributed by atoms with E-state index in [9.17, 15) is 9.18 Å². The molecule has 0 amide bonds. The molecule has 1 heterocycles. The average molecular weight is 451 g/mol. The Hall–Kier alpha value is -3.71. The van der Waals surface area contributed by atoms with Crippen molar-refractivity contribution in [3.05, 3.63) is 94.8 Å². The molecule has 0 spiro atoms. The number of benzene rings is 3. The minimum absolute atomic E-state index is 0.233. The van der Waals surface area contributed by atoms with E-state index in [-0.39, 0.29) is 18.4 Å². The number of rotatable bonds is 7. The van der Waals surface area contributed by atoms with Crippen LogP contribution in [-0.4, -0.2) is 27.3 Å². The molecule has 0 aliphatic carbocycles. The number of hydrogen-bond acceptors (Lipinski definition) is 5. The third-order valence-corrected chi connectivity index (χ3v) is 4.94. The van der Waals surface area contributed by atoms with E-state index in [1.165, 1.54) is 16.8 Å². The van der Waals surface area contributed by atoms with Crippen molar-refractivity contribution in [3.8, 4) is 17.1 Å². The summed E-state index contributed by atoms with van der Waals surface area (Å²) >= 11 is 5.88. The molecule has 0 aliphatic rings. The van der Waals surface area contributed by atoms with Crippen LogP contribution in [-0.2, 0) is 6.54 Å². The number of ether oxygens (including phenoxy) is 1. The molecule has 4 rings (SSSR count). The van der Waals surface area contributed by atoms with Crippen molar-refractivity contribution in [2.45, 2.75) is 13.5 Å². The second-order valence-electron chi connectivity index (χ2n) is 7.15. The highest BCUT2D eigenvalue weighted by molar-refractivity contribution is 6.30. The van der Waals surface area contributed by atoms with Crippen LogP contribution in [0.2, 0.25) is 5.02 Å². The normalized spacial score (nSPS) is 10.7. The second kappa shape index (κ2) is 9.62. The number of nitrogens with zero attached hydrogens (tertiary/aromatic N) is 3. The van der Waals surface area contributed by atoms with Gasteiger partial charge in [-0.3, -0.25) is 4.79 Å². The third kappa shape index (κ3) is 5.31. The van der Waals surface area contributed by atoms with Gasteiger partial charge < -0.3 is 10.1 Å². The lowest BCUT2D eigenvalue weighted by Crippen LogP contribution is -2.22. The predicted octanol–water partition coefficient (Wildman–Crippen LogP) is 5.38. The summed E-state index contributed by atoms with van der Waals surface area (Å²) in [5, 5.41) is 8.08. The smallest absolute Gasteiger partial charge is 0.287 e. The van der Waals surface area contributed by atoms with E-state index in [1.54, 1.807) is 36.4 Å². The molecule has 1 aromatic heterocycles. The van der Waals surface area contributed by atoms with Gasteiger partial charge >= 0.3 is 0 Å². The van der Waals surface area contributed by atoms with Gasteiger partial charge in [0.05, 0.1) is 0 Å². The molecule has 8 heteroatoms. The molecule has 0 unspecified atom stereocenters. The highest BCUT2D eigenvalue weighted by Gasteiger charge is 2.18. The van der Waals surface area contributed by atoms with Crippen molar-refractivity contribution in [1.29, 1.82) is 0 Å². The first-order valence-corrected chi connectivity index (χ1v) is 10.3. The molecule has 32 heavy (non-hydrogen) atoms.